The Morgan fingerprint density at radius 3 is 1.04 bits per heavy atom. The highest BCUT2D eigenvalue weighted by molar-refractivity contribution is 6.48. The van der Waals surface area contributed by atoms with Gasteiger partial charge < -0.3 is 0 Å². The first-order valence-corrected chi connectivity index (χ1v) is 24.1. The van der Waals surface area contributed by atoms with Crippen LogP contribution in [-0.4, -0.2) is 36.2 Å². The average molecular weight is 919 g/mol. The molecule has 8 heteroatoms. The van der Waals surface area contributed by atoms with Gasteiger partial charge in [0.1, 0.15) is 12.6 Å². The minimum atomic E-state index is -0.450. The monoisotopic (exact) mass is 918 g/mol. The van der Waals surface area contributed by atoms with Crippen LogP contribution in [0.2, 0.25) is 0 Å². The van der Waals surface area contributed by atoms with Crippen LogP contribution in [0.5, 0.6) is 0 Å². The molecule has 0 radical (unpaired) electrons. The topological polar surface area (TPSA) is 109 Å². The highest BCUT2D eigenvalue weighted by atomic mass is 16.2. The summed E-state index contributed by atoms with van der Waals surface area (Å²) in [5, 5.41) is 5.33. The van der Waals surface area contributed by atoms with Gasteiger partial charge in [-0.3, -0.25) is 28.8 Å². The van der Waals surface area contributed by atoms with Crippen molar-refractivity contribution in [3.8, 4) is 22.3 Å². The Labute approximate surface area is 405 Å². The van der Waals surface area contributed by atoms with E-state index in [0.717, 1.165) is 67.5 Å². The summed E-state index contributed by atoms with van der Waals surface area (Å²) >= 11 is 0. The number of imide groups is 2. The van der Waals surface area contributed by atoms with Gasteiger partial charge in [0.05, 0.1) is 11.4 Å². The smallest absolute Gasteiger partial charge is 0.266 e. The van der Waals surface area contributed by atoms with Crippen molar-refractivity contribution in [1.29, 1.82) is 0 Å². The molecule has 2 aliphatic heterocycles. The van der Waals surface area contributed by atoms with Crippen LogP contribution >= 0.6 is 0 Å². The normalized spacial score (nSPS) is 13.8. The third kappa shape index (κ3) is 6.28. The van der Waals surface area contributed by atoms with E-state index in [1.807, 2.05) is 72.8 Å². The fourth-order valence-corrected chi connectivity index (χ4v) is 11.6. The van der Waals surface area contributed by atoms with Crippen LogP contribution in [0.1, 0.15) is 163 Å². The van der Waals surface area contributed by atoms with Gasteiger partial charge in [0.15, 0.2) is 0 Å². The number of nitrogens with zero attached hydrogens (tertiary/aromatic N) is 2. The van der Waals surface area contributed by atoms with Crippen LogP contribution in [0.3, 0.4) is 0 Å². The number of carbonyl (C=O) groups is 6. The van der Waals surface area contributed by atoms with E-state index in [-0.39, 0.29) is 23.7 Å². The molecule has 0 bridgehead atoms. The Bertz CT molecular complexity index is 3530. The van der Waals surface area contributed by atoms with E-state index in [9.17, 15) is 9.59 Å². The van der Waals surface area contributed by atoms with E-state index in [4.69, 9.17) is 0 Å². The summed E-state index contributed by atoms with van der Waals surface area (Å²) in [7, 11) is 0. The zero-order valence-corrected chi connectivity index (χ0v) is 40.4. The van der Waals surface area contributed by atoms with Crippen molar-refractivity contribution in [3.63, 3.8) is 0 Å². The molecule has 9 aromatic carbocycles. The molecule has 0 aromatic heterocycles. The van der Waals surface area contributed by atoms with Gasteiger partial charge >= 0.3 is 0 Å². The zero-order valence-electron chi connectivity index (χ0n) is 40.4. The molecular formula is C62H50N2O6. The molecule has 344 valence electrons. The van der Waals surface area contributed by atoms with E-state index in [1.165, 1.54) is 9.80 Å². The maximum atomic E-state index is 15.5. The largest absolute Gasteiger partial charge is 0.298 e. The highest BCUT2D eigenvalue weighted by Gasteiger charge is 2.41. The Morgan fingerprint density at radius 2 is 0.714 bits per heavy atom. The van der Waals surface area contributed by atoms with Crippen LogP contribution < -0.4 is 9.80 Å². The summed E-state index contributed by atoms with van der Waals surface area (Å²) < 4.78 is 0. The predicted octanol–water partition coefficient (Wildman–Crippen LogP) is 14.8. The number of rotatable bonds is 10. The van der Waals surface area contributed by atoms with Gasteiger partial charge in [0.25, 0.3) is 23.6 Å². The summed E-state index contributed by atoms with van der Waals surface area (Å²) in [6, 6.07) is 37.3. The Kier molecular flexibility index (Phi) is 10.3. The summed E-state index contributed by atoms with van der Waals surface area (Å²) in [4.78, 5) is 88.2. The quantitative estimate of drug-likeness (QED) is 0.0585. The molecule has 11 rings (SSSR count). The van der Waals surface area contributed by atoms with Crippen LogP contribution in [0.4, 0.5) is 11.4 Å². The molecule has 8 nitrogen and oxygen atoms in total. The number of fused-ring (bicyclic) bond motifs is 2. The first-order valence-electron chi connectivity index (χ1n) is 24.1. The zero-order chi connectivity index (χ0) is 49.2. The number of anilines is 2. The van der Waals surface area contributed by atoms with Crippen molar-refractivity contribution >= 4 is 90.7 Å². The molecule has 0 unspecified atom stereocenters. The van der Waals surface area contributed by atoms with Gasteiger partial charge in [0.2, 0.25) is 0 Å². The molecule has 2 heterocycles. The number of carbonyl (C=O) groups excluding carboxylic acids is 6. The van der Waals surface area contributed by atoms with Gasteiger partial charge in [-0.25, -0.2) is 9.80 Å². The molecule has 0 fully saturated rings. The standard InChI is InChI=1S/C62H50N2O6/c1-31(2)39-11-9-13-49(51(39)33(5)6)63-59(67)43-25-23-41-54-46(38-21-17-36(30-66)18-22-38)28-48-56-44(60(68)64(62(48)70)50-14-10-12-40(32(3)4)52(50)34(7)8)26-24-42(58(54)56)53-45(37-19-15-35(29-65)16-20-37)27-47(61(63)69)55(43)57(41)53/h9-34H,1-8H3. The van der Waals surface area contributed by atoms with E-state index in [2.05, 4.69) is 67.5 Å². The Balaban J connectivity index is 1.29. The SMILES string of the molecule is CC(C)c1cccc(N2C(=O)c3ccc4c5c(-c6ccc(C=O)cc6)cc6c7c(ccc(c8c(-c9ccc(C=O)cc9)cc(c3c48)C2=O)c75)C(=O)N(c2cccc(C(C)C)c2C(C)C)C6=O)c1C(C)C. The third-order valence-corrected chi connectivity index (χ3v) is 14.7. The molecule has 4 amide bonds. The number of benzene rings is 9. The lowest BCUT2D eigenvalue weighted by Crippen LogP contribution is -2.41. The van der Waals surface area contributed by atoms with Gasteiger partial charge in [-0.05, 0) is 137 Å². The molecule has 0 saturated carbocycles. The molecule has 0 saturated heterocycles. The van der Waals surface area contributed by atoms with Crippen LogP contribution in [0.25, 0.3) is 65.3 Å². The van der Waals surface area contributed by atoms with Crippen molar-refractivity contribution in [1.82, 2.24) is 0 Å². The van der Waals surface area contributed by atoms with E-state index >= 15 is 19.2 Å². The highest BCUT2D eigenvalue weighted by Crippen LogP contribution is 2.53. The van der Waals surface area contributed by atoms with Gasteiger partial charge in [-0.1, -0.05) is 140 Å². The molecule has 0 N–H and O–H groups in total. The first kappa shape index (κ1) is 44.4. The fraction of sp³-hybridized carbons (Fsp3) is 0.194. The lowest BCUT2D eigenvalue weighted by Gasteiger charge is -2.34. The number of hydrogen-bond acceptors (Lipinski definition) is 6. The molecule has 0 spiro atoms. The lowest BCUT2D eigenvalue weighted by molar-refractivity contribution is 0.0877. The second kappa shape index (κ2) is 16.3. The third-order valence-electron chi connectivity index (χ3n) is 14.7. The van der Waals surface area contributed by atoms with Crippen molar-refractivity contribution < 1.29 is 28.8 Å². The fourth-order valence-electron chi connectivity index (χ4n) is 11.6. The Hall–Kier alpha value is -8.10. The summed E-state index contributed by atoms with van der Waals surface area (Å²) in [5.74, 6) is -1.47. The molecule has 0 aliphatic carbocycles. The number of hydrogen-bond donors (Lipinski definition) is 0. The second-order valence-electron chi connectivity index (χ2n) is 20.1. The molecular weight excluding hydrogens is 869 g/mol. The molecule has 9 aromatic rings. The van der Waals surface area contributed by atoms with Gasteiger partial charge in [-0.15, -0.1) is 0 Å². The number of amides is 4. The average Bonchev–Trinajstić information content (AvgIpc) is 3.36. The predicted molar refractivity (Wildman–Crippen MR) is 281 cm³/mol. The van der Waals surface area contributed by atoms with Crippen LogP contribution in [-0.2, 0) is 0 Å². The van der Waals surface area contributed by atoms with Crippen molar-refractivity contribution in [2.24, 2.45) is 0 Å². The molecule has 70 heavy (non-hydrogen) atoms. The van der Waals surface area contributed by atoms with Crippen molar-refractivity contribution in [3.05, 3.63) is 177 Å². The van der Waals surface area contributed by atoms with Crippen LogP contribution in [0.15, 0.2) is 121 Å². The summed E-state index contributed by atoms with van der Waals surface area (Å²) in [6.07, 6.45) is 1.57. The molecule has 0 atom stereocenters. The van der Waals surface area contributed by atoms with E-state index in [0.29, 0.717) is 77.4 Å². The van der Waals surface area contributed by atoms with E-state index < -0.39 is 23.6 Å². The first-order chi connectivity index (χ1) is 33.7. The van der Waals surface area contributed by atoms with Gasteiger partial charge in [-0.2, -0.15) is 0 Å². The molecule has 2 aliphatic rings. The minimum Gasteiger partial charge on any atom is -0.298 e. The summed E-state index contributed by atoms with van der Waals surface area (Å²) in [5.41, 5.74) is 10.4. The summed E-state index contributed by atoms with van der Waals surface area (Å²) in [6.45, 7) is 16.7. The minimum absolute atomic E-state index is 0.00351. The van der Waals surface area contributed by atoms with Crippen molar-refractivity contribution in [2.75, 3.05) is 9.80 Å². The lowest BCUT2D eigenvalue weighted by atomic mass is 9.77. The Morgan fingerprint density at radius 1 is 0.357 bits per heavy atom. The maximum absolute atomic E-state index is 15.5. The van der Waals surface area contributed by atoms with Crippen LogP contribution in [0, 0.1) is 0 Å². The van der Waals surface area contributed by atoms with Gasteiger partial charge in [0, 0.05) is 44.2 Å². The number of aldehydes is 2. The van der Waals surface area contributed by atoms with Crippen molar-refractivity contribution in [2.45, 2.75) is 79.1 Å². The van der Waals surface area contributed by atoms with E-state index in [1.54, 1.807) is 36.4 Å². The maximum Gasteiger partial charge on any atom is 0.266 e. The second-order valence-corrected chi connectivity index (χ2v) is 20.1.